The number of hydrogen-bond donors (Lipinski definition) is 0. The van der Waals surface area contributed by atoms with E-state index < -0.39 is 0 Å². The van der Waals surface area contributed by atoms with Crippen molar-refractivity contribution in [1.82, 2.24) is 4.98 Å². The zero-order chi connectivity index (χ0) is 6.53. The van der Waals surface area contributed by atoms with Crippen LogP contribution in [0.3, 0.4) is 0 Å². The number of aromatic nitrogens is 1. The van der Waals surface area contributed by atoms with Crippen molar-refractivity contribution in [3.8, 4) is 5.75 Å². The fourth-order valence-electron chi connectivity index (χ4n) is 0.511. The third-order valence-corrected chi connectivity index (χ3v) is 0.840. The normalized spacial score (nSPS) is 9.00. The lowest BCUT2D eigenvalue weighted by Crippen LogP contribution is -1.90. The van der Waals surface area contributed by atoms with Crippen LogP contribution >= 0.6 is 0 Å². The van der Waals surface area contributed by atoms with E-state index in [1.807, 2.05) is 6.92 Å². The Bertz CT molecular complexity index is 162. The first-order valence-corrected chi connectivity index (χ1v) is 2.81. The molecule has 9 heavy (non-hydrogen) atoms. The maximum Gasteiger partial charge on any atom is 0.147 e. The summed E-state index contributed by atoms with van der Waals surface area (Å²) in [5.74, 6) is 0.677. The number of hydrogen-bond acceptors (Lipinski definition) is 2. The van der Waals surface area contributed by atoms with Gasteiger partial charge in [0.05, 0.1) is 12.8 Å². The van der Waals surface area contributed by atoms with Gasteiger partial charge in [-0.25, -0.2) is 4.98 Å². The molecular formula is C7H7NO. The molecule has 0 aromatic carbocycles. The highest BCUT2D eigenvalue weighted by Crippen LogP contribution is 2.03. The highest BCUT2D eigenvalue weighted by Gasteiger charge is 1.86. The van der Waals surface area contributed by atoms with Crippen molar-refractivity contribution in [3.63, 3.8) is 0 Å². The van der Waals surface area contributed by atoms with Crippen molar-refractivity contribution >= 4 is 0 Å². The summed E-state index contributed by atoms with van der Waals surface area (Å²) in [6, 6.07) is 3.47. The molecule has 0 unspecified atom stereocenters. The van der Waals surface area contributed by atoms with Crippen LogP contribution in [0.15, 0.2) is 12.1 Å². The predicted octanol–water partition coefficient (Wildman–Crippen LogP) is 1.08. The van der Waals surface area contributed by atoms with Crippen molar-refractivity contribution < 1.29 is 4.74 Å². The van der Waals surface area contributed by atoms with Crippen LogP contribution in [0.25, 0.3) is 0 Å². The number of pyridine rings is 1. The standard InChI is InChI=1S/C7H7NO/c1-2-9-7-4-3-5-8-6-7/h3-4H,2H2,1H3. The van der Waals surface area contributed by atoms with Crippen LogP contribution in [0.5, 0.6) is 5.75 Å². The average Bonchev–Trinajstić information content (AvgIpc) is 1.91. The lowest BCUT2D eigenvalue weighted by Gasteiger charge is -1.97. The lowest BCUT2D eigenvalue weighted by atomic mass is 10.5. The summed E-state index contributed by atoms with van der Waals surface area (Å²) in [6.07, 6.45) is 5.25. The molecule has 1 rings (SSSR count). The van der Waals surface area contributed by atoms with E-state index in [2.05, 4.69) is 17.4 Å². The summed E-state index contributed by atoms with van der Waals surface area (Å²) in [7, 11) is 0. The van der Waals surface area contributed by atoms with E-state index in [0.717, 1.165) is 0 Å². The van der Waals surface area contributed by atoms with Gasteiger partial charge in [0.2, 0.25) is 0 Å². The van der Waals surface area contributed by atoms with Gasteiger partial charge < -0.3 is 4.74 Å². The average molecular weight is 121 g/mol. The van der Waals surface area contributed by atoms with Crippen molar-refractivity contribution in [2.75, 3.05) is 6.61 Å². The van der Waals surface area contributed by atoms with Gasteiger partial charge in [-0.05, 0) is 19.1 Å². The Hall–Kier alpha value is -1.05. The van der Waals surface area contributed by atoms with E-state index in [1.54, 1.807) is 12.1 Å². The molecule has 0 saturated heterocycles. The molecular weight excluding hydrogens is 114 g/mol. The predicted molar refractivity (Wildman–Crippen MR) is 33.1 cm³/mol. The summed E-state index contributed by atoms with van der Waals surface area (Å²) in [5, 5.41) is 0. The zero-order valence-electron chi connectivity index (χ0n) is 5.22. The molecule has 0 aliphatic carbocycles. The molecule has 0 N–H and O–H groups in total. The van der Waals surface area contributed by atoms with E-state index in [1.165, 1.54) is 0 Å². The minimum Gasteiger partial charge on any atom is -0.492 e. The molecule has 0 bridgehead atoms. The van der Waals surface area contributed by atoms with Gasteiger partial charge in [-0.15, -0.1) is 0 Å². The SMILES string of the molecule is CCOc1[c]n[c]cc1. The first-order valence-electron chi connectivity index (χ1n) is 2.81. The molecule has 1 aromatic rings. The Balaban J connectivity index is 2.61. The fourth-order valence-corrected chi connectivity index (χ4v) is 0.511. The first kappa shape index (κ1) is 6.08. The molecule has 0 aliphatic heterocycles. The van der Waals surface area contributed by atoms with Gasteiger partial charge in [-0.1, -0.05) is 0 Å². The molecule has 1 aromatic heterocycles. The summed E-state index contributed by atoms with van der Waals surface area (Å²) in [6.45, 7) is 2.58. The maximum absolute atomic E-state index is 5.07. The Morgan fingerprint density at radius 1 is 1.78 bits per heavy atom. The zero-order valence-corrected chi connectivity index (χ0v) is 5.22. The Kier molecular flexibility index (Phi) is 2.07. The Morgan fingerprint density at radius 2 is 2.67 bits per heavy atom. The van der Waals surface area contributed by atoms with E-state index in [0.29, 0.717) is 12.4 Å². The van der Waals surface area contributed by atoms with Gasteiger partial charge in [0, 0.05) is 0 Å². The van der Waals surface area contributed by atoms with Crippen LogP contribution in [-0.2, 0) is 0 Å². The van der Waals surface area contributed by atoms with Crippen molar-refractivity contribution in [2.24, 2.45) is 0 Å². The van der Waals surface area contributed by atoms with Crippen LogP contribution in [0.1, 0.15) is 6.92 Å². The monoisotopic (exact) mass is 121 g/mol. The van der Waals surface area contributed by atoms with Crippen LogP contribution in [0.4, 0.5) is 0 Å². The van der Waals surface area contributed by atoms with Crippen LogP contribution in [-0.4, -0.2) is 11.6 Å². The van der Waals surface area contributed by atoms with Gasteiger partial charge in [-0.3, -0.25) is 0 Å². The first-order chi connectivity index (χ1) is 4.43. The second-order valence-electron chi connectivity index (χ2n) is 1.48. The molecule has 0 aliphatic rings. The largest absolute Gasteiger partial charge is 0.492 e. The van der Waals surface area contributed by atoms with Gasteiger partial charge >= 0.3 is 0 Å². The lowest BCUT2D eigenvalue weighted by molar-refractivity contribution is 0.338. The van der Waals surface area contributed by atoms with Gasteiger partial charge in [-0.2, -0.15) is 0 Å². The topological polar surface area (TPSA) is 22.1 Å². The molecule has 2 nitrogen and oxygen atoms in total. The maximum atomic E-state index is 5.07. The molecule has 0 atom stereocenters. The highest BCUT2D eigenvalue weighted by atomic mass is 16.5. The molecule has 0 amide bonds. The fraction of sp³-hybridized carbons (Fsp3) is 0.286. The second kappa shape index (κ2) is 3.07. The quantitative estimate of drug-likeness (QED) is 0.584. The van der Waals surface area contributed by atoms with Crippen LogP contribution < -0.4 is 4.74 Å². The van der Waals surface area contributed by atoms with Gasteiger partial charge in [0.1, 0.15) is 11.9 Å². The minimum atomic E-state index is 0.655. The Morgan fingerprint density at radius 3 is 3.22 bits per heavy atom. The number of ether oxygens (including phenoxy) is 1. The molecule has 1 heterocycles. The van der Waals surface area contributed by atoms with Gasteiger partial charge in [0.25, 0.3) is 0 Å². The third kappa shape index (κ3) is 1.72. The van der Waals surface area contributed by atoms with E-state index in [-0.39, 0.29) is 0 Å². The number of nitrogens with zero attached hydrogens (tertiary/aromatic N) is 1. The molecule has 0 saturated carbocycles. The van der Waals surface area contributed by atoms with E-state index >= 15 is 0 Å². The molecule has 46 valence electrons. The van der Waals surface area contributed by atoms with Crippen molar-refractivity contribution in [3.05, 3.63) is 24.5 Å². The Labute approximate surface area is 54.5 Å². The smallest absolute Gasteiger partial charge is 0.147 e. The second-order valence-corrected chi connectivity index (χ2v) is 1.48. The minimum absolute atomic E-state index is 0.655. The summed E-state index contributed by atoms with van der Waals surface area (Å²) in [5.41, 5.74) is 0. The van der Waals surface area contributed by atoms with E-state index in [4.69, 9.17) is 4.74 Å². The molecule has 2 heteroatoms. The van der Waals surface area contributed by atoms with Crippen LogP contribution in [0, 0.1) is 12.4 Å². The van der Waals surface area contributed by atoms with E-state index in [9.17, 15) is 0 Å². The summed E-state index contributed by atoms with van der Waals surface area (Å²) < 4.78 is 5.07. The molecule has 0 spiro atoms. The van der Waals surface area contributed by atoms with Crippen molar-refractivity contribution in [2.45, 2.75) is 6.92 Å². The number of rotatable bonds is 2. The summed E-state index contributed by atoms with van der Waals surface area (Å²) in [4.78, 5) is 3.63. The highest BCUT2D eigenvalue weighted by molar-refractivity contribution is 5.13. The van der Waals surface area contributed by atoms with Gasteiger partial charge in [0.15, 0.2) is 0 Å². The van der Waals surface area contributed by atoms with Crippen LogP contribution in [0.2, 0.25) is 0 Å². The van der Waals surface area contributed by atoms with Crippen molar-refractivity contribution in [1.29, 1.82) is 0 Å². The third-order valence-electron chi connectivity index (χ3n) is 0.840. The molecule has 0 fully saturated rings. The summed E-state index contributed by atoms with van der Waals surface area (Å²) >= 11 is 0. The molecule has 2 radical (unpaired) electrons.